The quantitative estimate of drug-likeness (QED) is 0.468. The fourth-order valence-corrected chi connectivity index (χ4v) is 3.69. The Bertz CT molecular complexity index is 1170. The number of para-hydroxylation sites is 1. The van der Waals surface area contributed by atoms with E-state index in [4.69, 9.17) is 11.6 Å². The van der Waals surface area contributed by atoms with Crippen LogP contribution in [0.15, 0.2) is 54.9 Å². The van der Waals surface area contributed by atoms with Crippen molar-refractivity contribution in [1.29, 1.82) is 0 Å². The summed E-state index contributed by atoms with van der Waals surface area (Å²) in [5.41, 5.74) is 4.98. The van der Waals surface area contributed by atoms with E-state index in [2.05, 4.69) is 15.4 Å². The molecular weight excluding hydrogens is 375 g/mol. The molecule has 4 rings (SSSR count). The third kappa shape index (κ3) is 3.34. The highest BCUT2D eigenvalue weighted by Gasteiger charge is 2.17. The minimum atomic E-state index is -0.291. The molecule has 28 heavy (non-hydrogen) atoms. The summed E-state index contributed by atoms with van der Waals surface area (Å²) in [5, 5.41) is 9.17. The molecule has 0 unspecified atom stereocenters. The third-order valence-corrected chi connectivity index (χ3v) is 5.16. The van der Waals surface area contributed by atoms with Gasteiger partial charge in [0, 0.05) is 36.0 Å². The minimum Gasteiger partial charge on any atom is -0.377 e. The van der Waals surface area contributed by atoms with Gasteiger partial charge in [-0.15, -0.1) is 0 Å². The molecule has 0 aliphatic carbocycles. The predicted molar refractivity (Wildman–Crippen MR) is 112 cm³/mol. The SMILES string of the molecule is Cc1nn(C)cc1-c1ccc(F)c([C@@H](C)Nc2c(Cl)cnc3ccccc23)c1. The molecular formula is C22H20ClFN4. The lowest BCUT2D eigenvalue weighted by molar-refractivity contribution is 0.600. The molecule has 0 amide bonds. The molecule has 0 aliphatic rings. The molecule has 6 heteroatoms. The first-order valence-corrected chi connectivity index (χ1v) is 9.41. The van der Waals surface area contributed by atoms with Gasteiger partial charge in [0.05, 0.1) is 28.0 Å². The topological polar surface area (TPSA) is 42.7 Å². The van der Waals surface area contributed by atoms with Crippen molar-refractivity contribution in [3.8, 4) is 11.1 Å². The fourth-order valence-electron chi connectivity index (χ4n) is 3.48. The summed E-state index contributed by atoms with van der Waals surface area (Å²) in [6.07, 6.45) is 3.56. The molecule has 4 nitrogen and oxygen atoms in total. The van der Waals surface area contributed by atoms with Crippen LogP contribution in [-0.2, 0) is 7.05 Å². The van der Waals surface area contributed by atoms with E-state index >= 15 is 0 Å². The monoisotopic (exact) mass is 394 g/mol. The number of aromatic nitrogens is 3. The van der Waals surface area contributed by atoms with Gasteiger partial charge in [0.25, 0.3) is 0 Å². The maximum absolute atomic E-state index is 14.7. The van der Waals surface area contributed by atoms with Gasteiger partial charge in [0.2, 0.25) is 0 Å². The van der Waals surface area contributed by atoms with Gasteiger partial charge in [-0.1, -0.05) is 35.9 Å². The maximum atomic E-state index is 14.7. The Morgan fingerprint density at radius 3 is 2.71 bits per heavy atom. The highest BCUT2D eigenvalue weighted by Crippen LogP contribution is 2.34. The highest BCUT2D eigenvalue weighted by molar-refractivity contribution is 6.34. The summed E-state index contributed by atoms with van der Waals surface area (Å²) < 4.78 is 16.4. The van der Waals surface area contributed by atoms with Gasteiger partial charge < -0.3 is 5.32 Å². The molecule has 2 heterocycles. The number of pyridine rings is 1. The first-order chi connectivity index (χ1) is 13.4. The molecule has 4 aromatic rings. The van der Waals surface area contributed by atoms with E-state index in [9.17, 15) is 4.39 Å². The number of rotatable bonds is 4. The summed E-state index contributed by atoms with van der Waals surface area (Å²) in [7, 11) is 1.88. The van der Waals surface area contributed by atoms with Crippen LogP contribution in [0.25, 0.3) is 22.0 Å². The van der Waals surface area contributed by atoms with E-state index in [1.807, 2.05) is 57.4 Å². The normalized spacial score (nSPS) is 12.3. The third-order valence-electron chi connectivity index (χ3n) is 4.88. The van der Waals surface area contributed by atoms with Gasteiger partial charge in [-0.3, -0.25) is 9.67 Å². The van der Waals surface area contributed by atoms with Crippen molar-refractivity contribution in [2.75, 3.05) is 5.32 Å². The van der Waals surface area contributed by atoms with Gasteiger partial charge in [-0.2, -0.15) is 5.10 Å². The first-order valence-electron chi connectivity index (χ1n) is 9.04. The van der Waals surface area contributed by atoms with Crippen molar-refractivity contribution in [3.63, 3.8) is 0 Å². The number of anilines is 1. The van der Waals surface area contributed by atoms with Crippen LogP contribution in [0.1, 0.15) is 24.2 Å². The molecule has 1 N–H and O–H groups in total. The molecule has 0 fully saturated rings. The smallest absolute Gasteiger partial charge is 0.128 e. The molecule has 2 aromatic carbocycles. The minimum absolute atomic E-state index is 0.264. The number of nitrogens with one attached hydrogen (secondary N) is 1. The van der Waals surface area contributed by atoms with Gasteiger partial charge in [0.1, 0.15) is 5.82 Å². The molecule has 0 bridgehead atoms. The van der Waals surface area contributed by atoms with Crippen LogP contribution >= 0.6 is 11.6 Å². The van der Waals surface area contributed by atoms with Crippen LogP contribution in [0, 0.1) is 12.7 Å². The van der Waals surface area contributed by atoms with Crippen LogP contribution in [-0.4, -0.2) is 14.8 Å². The van der Waals surface area contributed by atoms with E-state index in [-0.39, 0.29) is 11.9 Å². The molecule has 0 aliphatic heterocycles. The van der Waals surface area contributed by atoms with Crippen LogP contribution in [0.4, 0.5) is 10.1 Å². The molecule has 0 saturated heterocycles. The summed E-state index contributed by atoms with van der Waals surface area (Å²) in [5.74, 6) is -0.264. The van der Waals surface area contributed by atoms with Gasteiger partial charge in [0.15, 0.2) is 0 Å². The number of fused-ring (bicyclic) bond motifs is 1. The summed E-state index contributed by atoms with van der Waals surface area (Å²) in [6.45, 7) is 3.87. The number of halogens is 2. The second-order valence-corrected chi connectivity index (χ2v) is 7.31. The number of hydrogen-bond donors (Lipinski definition) is 1. The van der Waals surface area contributed by atoms with Crippen molar-refractivity contribution < 1.29 is 4.39 Å². The molecule has 1 atom stereocenters. The van der Waals surface area contributed by atoms with E-state index in [0.29, 0.717) is 10.6 Å². The van der Waals surface area contributed by atoms with E-state index < -0.39 is 0 Å². The van der Waals surface area contributed by atoms with Crippen molar-refractivity contribution >= 4 is 28.2 Å². The number of hydrogen-bond acceptors (Lipinski definition) is 3. The van der Waals surface area contributed by atoms with E-state index in [1.165, 1.54) is 6.07 Å². The van der Waals surface area contributed by atoms with Crippen LogP contribution in [0.2, 0.25) is 5.02 Å². The van der Waals surface area contributed by atoms with Crippen molar-refractivity contribution in [2.24, 2.45) is 7.05 Å². The second-order valence-electron chi connectivity index (χ2n) is 6.90. The zero-order chi connectivity index (χ0) is 19.8. The standard InChI is InChI=1S/C22H20ClFN4/c1-13(26-22-16-6-4-5-7-21(16)25-11-19(22)23)17-10-15(8-9-20(17)24)18-12-28(3)27-14(18)2/h4-13H,1-3H3,(H,25,26)/t13-/m1/s1. The summed E-state index contributed by atoms with van der Waals surface area (Å²) in [4.78, 5) is 4.35. The van der Waals surface area contributed by atoms with Crippen molar-refractivity contribution in [2.45, 2.75) is 19.9 Å². The zero-order valence-electron chi connectivity index (χ0n) is 15.9. The van der Waals surface area contributed by atoms with Gasteiger partial charge in [-0.25, -0.2) is 4.39 Å². The average Bonchev–Trinajstić information content (AvgIpc) is 3.02. The van der Waals surface area contributed by atoms with E-state index in [0.717, 1.165) is 33.4 Å². The number of nitrogens with zero attached hydrogens (tertiary/aromatic N) is 3. The second kappa shape index (κ2) is 7.24. The molecule has 0 spiro atoms. The van der Waals surface area contributed by atoms with Crippen LogP contribution in [0.3, 0.4) is 0 Å². The van der Waals surface area contributed by atoms with Crippen LogP contribution < -0.4 is 5.32 Å². The highest BCUT2D eigenvalue weighted by atomic mass is 35.5. The molecule has 2 aromatic heterocycles. The number of aryl methyl sites for hydroxylation is 2. The Balaban J connectivity index is 1.73. The number of benzene rings is 2. The Labute approximate surface area is 168 Å². The molecule has 0 saturated carbocycles. The molecule has 142 valence electrons. The average molecular weight is 395 g/mol. The zero-order valence-corrected chi connectivity index (χ0v) is 16.6. The Morgan fingerprint density at radius 2 is 1.96 bits per heavy atom. The lowest BCUT2D eigenvalue weighted by Gasteiger charge is -2.19. The van der Waals surface area contributed by atoms with Crippen molar-refractivity contribution in [1.82, 2.24) is 14.8 Å². The lowest BCUT2D eigenvalue weighted by atomic mass is 9.99. The Hall–Kier alpha value is -2.92. The largest absolute Gasteiger partial charge is 0.377 e. The van der Waals surface area contributed by atoms with Crippen LogP contribution in [0.5, 0.6) is 0 Å². The Kier molecular flexibility index (Phi) is 4.77. The molecule has 0 radical (unpaired) electrons. The summed E-state index contributed by atoms with van der Waals surface area (Å²) >= 11 is 6.40. The fraction of sp³-hybridized carbons (Fsp3) is 0.182. The van der Waals surface area contributed by atoms with E-state index in [1.54, 1.807) is 16.9 Å². The van der Waals surface area contributed by atoms with Gasteiger partial charge >= 0.3 is 0 Å². The van der Waals surface area contributed by atoms with Gasteiger partial charge in [-0.05, 0) is 37.6 Å². The van der Waals surface area contributed by atoms with Crippen molar-refractivity contribution in [3.05, 3.63) is 77.0 Å². The maximum Gasteiger partial charge on any atom is 0.128 e. The predicted octanol–water partition coefficient (Wildman–Crippen LogP) is 5.91. The first kappa shape index (κ1) is 18.4. The Morgan fingerprint density at radius 1 is 1.18 bits per heavy atom. The summed E-state index contributed by atoms with van der Waals surface area (Å²) in [6, 6.07) is 12.6. The lowest BCUT2D eigenvalue weighted by Crippen LogP contribution is -2.10.